The Balaban J connectivity index is 2.30. The summed E-state index contributed by atoms with van der Waals surface area (Å²) in [6.07, 6.45) is 3.13. The number of hydrogen-bond donors (Lipinski definition) is 0. The van der Waals surface area contributed by atoms with Gasteiger partial charge in [-0.05, 0) is 12.5 Å². The van der Waals surface area contributed by atoms with Gasteiger partial charge in [-0.3, -0.25) is 4.79 Å². The van der Waals surface area contributed by atoms with E-state index in [1.807, 2.05) is 24.3 Å². The average Bonchev–Trinajstić information content (AvgIpc) is 2.30. The summed E-state index contributed by atoms with van der Waals surface area (Å²) in [7, 11) is 0. The Bertz CT molecular complexity index is 389. The fourth-order valence-electron chi connectivity index (χ4n) is 2.09. The molecular weight excluding hydrogens is 224 g/mol. The topological polar surface area (TPSA) is 26.3 Å². The van der Waals surface area contributed by atoms with E-state index in [0.29, 0.717) is 5.75 Å². The fraction of sp³-hybridized carbons (Fsp3) is 0.462. The maximum absolute atomic E-state index is 11.6. The highest BCUT2D eigenvalue weighted by molar-refractivity contribution is 6.31. The lowest BCUT2D eigenvalue weighted by atomic mass is 9.88. The number of ether oxygens (including phenoxy) is 1. The summed E-state index contributed by atoms with van der Waals surface area (Å²) in [5.74, 6) is 0.450. The van der Waals surface area contributed by atoms with Crippen LogP contribution < -0.4 is 4.74 Å². The van der Waals surface area contributed by atoms with E-state index in [-0.39, 0.29) is 11.9 Å². The number of unbranched alkanes of at least 4 members (excludes halogenated alkanes) is 1. The first-order chi connectivity index (χ1) is 7.74. The molecular formula is C13H15ClO2. The van der Waals surface area contributed by atoms with Crippen molar-refractivity contribution in [3.05, 3.63) is 29.8 Å². The molecule has 86 valence electrons. The molecule has 0 spiro atoms. The van der Waals surface area contributed by atoms with E-state index < -0.39 is 5.38 Å². The number of fused-ring (bicyclic) bond motifs is 1. The summed E-state index contributed by atoms with van der Waals surface area (Å²) in [5.41, 5.74) is 1.07. The molecule has 1 heterocycles. The lowest BCUT2D eigenvalue weighted by Gasteiger charge is -2.28. The van der Waals surface area contributed by atoms with E-state index in [0.717, 1.165) is 24.8 Å². The van der Waals surface area contributed by atoms with Gasteiger partial charge in [-0.1, -0.05) is 38.0 Å². The summed E-state index contributed by atoms with van der Waals surface area (Å²) in [6, 6.07) is 7.66. The van der Waals surface area contributed by atoms with Crippen LogP contribution in [-0.4, -0.2) is 11.3 Å². The first-order valence-electron chi connectivity index (χ1n) is 5.68. The summed E-state index contributed by atoms with van der Waals surface area (Å²) < 4.78 is 5.18. The van der Waals surface area contributed by atoms with Crippen LogP contribution in [0.5, 0.6) is 5.75 Å². The SMILES string of the molecule is CCCCC1c2ccccc2OC(=O)C1Cl. The molecule has 3 heteroatoms. The van der Waals surface area contributed by atoms with E-state index >= 15 is 0 Å². The monoisotopic (exact) mass is 238 g/mol. The van der Waals surface area contributed by atoms with Crippen molar-refractivity contribution in [2.75, 3.05) is 0 Å². The van der Waals surface area contributed by atoms with Gasteiger partial charge in [0.2, 0.25) is 0 Å². The highest BCUT2D eigenvalue weighted by atomic mass is 35.5. The summed E-state index contributed by atoms with van der Waals surface area (Å²) in [4.78, 5) is 11.6. The minimum atomic E-state index is -0.540. The lowest BCUT2D eigenvalue weighted by Crippen LogP contribution is -2.32. The van der Waals surface area contributed by atoms with Crippen LogP contribution in [0.2, 0.25) is 0 Å². The Morgan fingerprint density at radius 3 is 2.88 bits per heavy atom. The highest BCUT2D eigenvalue weighted by Crippen LogP contribution is 2.39. The number of hydrogen-bond acceptors (Lipinski definition) is 2. The first kappa shape index (κ1) is 11.5. The first-order valence-corrected chi connectivity index (χ1v) is 6.12. The maximum Gasteiger partial charge on any atom is 0.330 e. The van der Waals surface area contributed by atoms with Crippen LogP contribution in [0.4, 0.5) is 0 Å². The number of halogens is 1. The van der Waals surface area contributed by atoms with Crippen molar-refractivity contribution in [3.63, 3.8) is 0 Å². The predicted molar refractivity (Wildman–Crippen MR) is 64.0 cm³/mol. The van der Waals surface area contributed by atoms with Crippen molar-refractivity contribution in [2.45, 2.75) is 37.5 Å². The molecule has 0 N–H and O–H groups in total. The van der Waals surface area contributed by atoms with E-state index in [4.69, 9.17) is 16.3 Å². The van der Waals surface area contributed by atoms with E-state index in [2.05, 4.69) is 6.92 Å². The van der Waals surface area contributed by atoms with Gasteiger partial charge < -0.3 is 4.74 Å². The molecule has 2 unspecified atom stereocenters. The Kier molecular flexibility index (Phi) is 3.49. The molecule has 2 nitrogen and oxygen atoms in total. The average molecular weight is 239 g/mol. The molecule has 2 rings (SSSR count). The number of para-hydroxylation sites is 1. The smallest absolute Gasteiger partial charge is 0.330 e. The van der Waals surface area contributed by atoms with Crippen LogP contribution in [0.1, 0.15) is 37.7 Å². The molecule has 0 saturated carbocycles. The van der Waals surface area contributed by atoms with Crippen LogP contribution >= 0.6 is 11.6 Å². The van der Waals surface area contributed by atoms with E-state index in [9.17, 15) is 4.79 Å². The molecule has 2 atom stereocenters. The maximum atomic E-state index is 11.6. The van der Waals surface area contributed by atoms with Crippen LogP contribution in [0.15, 0.2) is 24.3 Å². The second-order valence-corrected chi connectivity index (χ2v) is 4.58. The van der Waals surface area contributed by atoms with Gasteiger partial charge in [0.25, 0.3) is 0 Å². The molecule has 0 aliphatic carbocycles. The van der Waals surface area contributed by atoms with Gasteiger partial charge in [0.1, 0.15) is 11.1 Å². The van der Waals surface area contributed by atoms with Gasteiger partial charge >= 0.3 is 5.97 Å². The van der Waals surface area contributed by atoms with Crippen molar-refractivity contribution in [2.24, 2.45) is 0 Å². The fourth-order valence-corrected chi connectivity index (χ4v) is 2.40. The number of carbonyl (C=O) groups is 1. The molecule has 0 saturated heterocycles. The summed E-state index contributed by atoms with van der Waals surface area (Å²) >= 11 is 6.12. The van der Waals surface area contributed by atoms with Crippen molar-refractivity contribution in [1.29, 1.82) is 0 Å². The second-order valence-electron chi connectivity index (χ2n) is 4.11. The molecule has 0 bridgehead atoms. The van der Waals surface area contributed by atoms with Gasteiger partial charge in [0.15, 0.2) is 0 Å². The van der Waals surface area contributed by atoms with Crippen LogP contribution in [0.25, 0.3) is 0 Å². The van der Waals surface area contributed by atoms with Gasteiger partial charge in [0.05, 0.1) is 0 Å². The van der Waals surface area contributed by atoms with Gasteiger partial charge in [-0.2, -0.15) is 0 Å². The third-order valence-electron chi connectivity index (χ3n) is 2.98. The van der Waals surface area contributed by atoms with Gasteiger partial charge in [-0.25, -0.2) is 0 Å². The molecule has 16 heavy (non-hydrogen) atoms. The number of carbonyl (C=O) groups excluding carboxylic acids is 1. The summed E-state index contributed by atoms with van der Waals surface area (Å²) in [5, 5.41) is -0.540. The Hall–Kier alpha value is -1.02. The van der Waals surface area contributed by atoms with Crippen LogP contribution in [0.3, 0.4) is 0 Å². The highest BCUT2D eigenvalue weighted by Gasteiger charge is 2.35. The third kappa shape index (κ3) is 2.07. The van der Waals surface area contributed by atoms with Gasteiger partial charge in [-0.15, -0.1) is 11.6 Å². The Morgan fingerprint density at radius 1 is 1.38 bits per heavy atom. The molecule has 0 aromatic heterocycles. The molecule has 1 aromatic carbocycles. The van der Waals surface area contributed by atoms with Crippen LogP contribution in [0, 0.1) is 0 Å². The van der Waals surface area contributed by atoms with E-state index in [1.54, 1.807) is 0 Å². The van der Waals surface area contributed by atoms with Crippen molar-refractivity contribution in [1.82, 2.24) is 0 Å². The number of benzene rings is 1. The molecule has 0 radical (unpaired) electrons. The normalized spacial score (nSPS) is 23.8. The minimum absolute atomic E-state index is 0.0964. The zero-order valence-corrected chi connectivity index (χ0v) is 10.0. The van der Waals surface area contributed by atoms with E-state index in [1.165, 1.54) is 0 Å². The predicted octanol–water partition coefficient (Wildman–Crippen LogP) is 3.49. The van der Waals surface area contributed by atoms with Crippen molar-refractivity contribution < 1.29 is 9.53 Å². The zero-order valence-electron chi connectivity index (χ0n) is 9.28. The standard InChI is InChI=1S/C13H15ClO2/c1-2-3-6-10-9-7-4-5-8-11(9)16-13(15)12(10)14/h4-5,7-8,10,12H,2-3,6H2,1H3. The van der Waals surface area contributed by atoms with Crippen LogP contribution in [-0.2, 0) is 4.79 Å². The summed E-state index contributed by atoms with van der Waals surface area (Å²) in [6.45, 7) is 2.14. The zero-order chi connectivity index (χ0) is 11.5. The number of rotatable bonds is 3. The number of alkyl halides is 1. The van der Waals surface area contributed by atoms with Gasteiger partial charge in [0, 0.05) is 11.5 Å². The molecule has 0 amide bonds. The lowest BCUT2D eigenvalue weighted by molar-refractivity contribution is -0.135. The molecule has 1 aliphatic rings. The Morgan fingerprint density at radius 2 is 2.12 bits per heavy atom. The van der Waals surface area contributed by atoms with Crippen molar-refractivity contribution >= 4 is 17.6 Å². The Labute approximate surface area is 101 Å². The number of esters is 1. The van der Waals surface area contributed by atoms with Crippen molar-refractivity contribution in [3.8, 4) is 5.75 Å². The molecule has 1 aliphatic heterocycles. The second kappa shape index (κ2) is 4.88. The minimum Gasteiger partial charge on any atom is -0.425 e. The third-order valence-corrected chi connectivity index (χ3v) is 3.46. The largest absolute Gasteiger partial charge is 0.425 e. The molecule has 0 fully saturated rings. The molecule has 1 aromatic rings. The quantitative estimate of drug-likeness (QED) is 0.458.